The van der Waals surface area contributed by atoms with E-state index in [1.54, 1.807) is 7.11 Å². The topological polar surface area (TPSA) is 92.6 Å². The number of nitrogen functional groups attached to an aromatic ring is 1. The van der Waals surface area contributed by atoms with E-state index in [2.05, 4.69) is 114 Å². The summed E-state index contributed by atoms with van der Waals surface area (Å²) >= 11 is 0. The van der Waals surface area contributed by atoms with Gasteiger partial charge in [-0.15, -0.1) is 0 Å². The summed E-state index contributed by atoms with van der Waals surface area (Å²) in [6, 6.07) is 21.6. The fourth-order valence-electron chi connectivity index (χ4n) is 9.15. The molecule has 5 aromatic rings. The zero-order valence-corrected chi connectivity index (χ0v) is 35.7. The van der Waals surface area contributed by atoms with E-state index in [9.17, 15) is 0 Å². The third-order valence-electron chi connectivity index (χ3n) is 12.3. The number of nitrogens with two attached hydrogens (primary N) is 1. The largest absolute Gasteiger partial charge is 0.497 e. The van der Waals surface area contributed by atoms with E-state index in [4.69, 9.17) is 20.4 Å². The first-order chi connectivity index (χ1) is 27.7. The fraction of sp³-hybridized carbons (Fsp3) is 0.373. The highest BCUT2D eigenvalue weighted by Gasteiger charge is 2.27. The summed E-state index contributed by atoms with van der Waals surface area (Å²) in [7, 11) is 1.73. The van der Waals surface area contributed by atoms with Crippen LogP contribution in [0.2, 0.25) is 0 Å². The normalized spacial score (nSPS) is 12.9. The molecule has 0 amide bonds. The molecule has 2 aliphatic rings. The van der Waals surface area contributed by atoms with Gasteiger partial charge in [0.15, 0.2) is 0 Å². The highest BCUT2D eigenvalue weighted by molar-refractivity contribution is 6.04. The number of aryl methyl sites for hydroxylation is 4. The molecule has 6 nitrogen and oxygen atoms in total. The Bertz CT molecular complexity index is 2530. The number of nitrogens with zero attached hydrogens (tertiary/aromatic N) is 2. The van der Waals surface area contributed by atoms with Crippen LogP contribution in [0.25, 0.3) is 66.6 Å². The zero-order chi connectivity index (χ0) is 40.4. The Kier molecular flexibility index (Phi) is 11.9. The van der Waals surface area contributed by atoms with Gasteiger partial charge in [0.25, 0.3) is 0 Å². The Morgan fingerprint density at radius 3 is 1.72 bits per heavy atom. The van der Waals surface area contributed by atoms with Crippen molar-refractivity contribution >= 4 is 50.0 Å². The Balaban J connectivity index is 1.77. The summed E-state index contributed by atoms with van der Waals surface area (Å²) < 4.78 is 5.63. The number of unbranched alkanes of at least 4 members (excludes halogenated alkanes) is 2. The predicted octanol–water partition coefficient (Wildman–Crippen LogP) is 13.9. The summed E-state index contributed by atoms with van der Waals surface area (Å²) in [6.07, 6.45) is 9.93. The molecule has 0 atom stereocenters. The maximum atomic E-state index is 6.32. The molecule has 7 rings (SSSR count). The van der Waals surface area contributed by atoms with Crippen LogP contribution in [0.5, 0.6) is 5.75 Å². The SMILES string of the molecule is CCCCC1=C(C)c2cc3[nH]c(c(CC)c3CC)c(-c3ccc(OC)cc3)c3nc(cc4[nH]c(c(CCCC)c4C)c(-c4ccc(N)cc4)c1n2)C(CC)=C3CC. The molecular weight excluding hydrogens is 699 g/mol. The minimum absolute atomic E-state index is 0.756. The van der Waals surface area contributed by atoms with Crippen molar-refractivity contribution < 1.29 is 4.74 Å². The van der Waals surface area contributed by atoms with Gasteiger partial charge in [-0.1, -0.05) is 78.6 Å². The minimum Gasteiger partial charge on any atom is -0.497 e. The van der Waals surface area contributed by atoms with Gasteiger partial charge in [-0.3, -0.25) is 0 Å². The molecule has 5 heterocycles. The van der Waals surface area contributed by atoms with Crippen LogP contribution in [-0.4, -0.2) is 27.0 Å². The van der Waals surface area contributed by atoms with E-state index < -0.39 is 0 Å². The lowest BCUT2D eigenvalue weighted by Crippen LogP contribution is -1.94. The molecule has 3 aromatic heterocycles. The van der Waals surface area contributed by atoms with Crippen molar-refractivity contribution in [1.82, 2.24) is 19.9 Å². The van der Waals surface area contributed by atoms with Crippen LogP contribution >= 0.6 is 0 Å². The van der Waals surface area contributed by atoms with E-state index >= 15 is 0 Å². The van der Waals surface area contributed by atoms with E-state index in [0.717, 1.165) is 143 Å². The van der Waals surface area contributed by atoms with Crippen LogP contribution in [0.1, 0.15) is 138 Å². The Labute approximate surface area is 339 Å². The average Bonchev–Trinajstić information content (AvgIpc) is 3.94. The number of aromatic amines is 2. The number of hydrogen-bond acceptors (Lipinski definition) is 4. The van der Waals surface area contributed by atoms with Gasteiger partial charge in [-0.05, 0) is 157 Å². The molecule has 0 saturated carbocycles. The number of ether oxygens (including phenoxy) is 1. The first kappa shape index (κ1) is 39.9. The zero-order valence-electron chi connectivity index (χ0n) is 35.7. The van der Waals surface area contributed by atoms with Gasteiger partial charge >= 0.3 is 0 Å². The van der Waals surface area contributed by atoms with Crippen molar-refractivity contribution in [3.63, 3.8) is 0 Å². The van der Waals surface area contributed by atoms with Crippen LogP contribution in [0.4, 0.5) is 5.69 Å². The summed E-state index contributed by atoms with van der Waals surface area (Å²) in [5, 5.41) is 0. The van der Waals surface area contributed by atoms with Crippen LogP contribution in [0, 0.1) is 6.92 Å². The monoisotopic (exact) mass is 759 g/mol. The van der Waals surface area contributed by atoms with Gasteiger partial charge in [-0.25, -0.2) is 9.97 Å². The second kappa shape index (κ2) is 17.0. The first-order valence-corrected chi connectivity index (χ1v) is 21.5. The molecule has 2 aromatic carbocycles. The molecule has 0 saturated heterocycles. The molecule has 0 radical (unpaired) electrons. The van der Waals surface area contributed by atoms with Crippen molar-refractivity contribution in [2.24, 2.45) is 0 Å². The van der Waals surface area contributed by atoms with Crippen molar-refractivity contribution in [3.8, 4) is 28.0 Å². The van der Waals surface area contributed by atoms with Gasteiger partial charge in [-0.2, -0.15) is 0 Å². The quantitative estimate of drug-likeness (QED) is 0.104. The van der Waals surface area contributed by atoms with Crippen LogP contribution in [0.3, 0.4) is 0 Å². The van der Waals surface area contributed by atoms with Crippen LogP contribution in [-0.2, 0) is 19.3 Å². The number of anilines is 1. The van der Waals surface area contributed by atoms with Gasteiger partial charge in [0.2, 0.25) is 0 Å². The molecule has 0 spiro atoms. The molecule has 2 aliphatic heterocycles. The van der Waals surface area contributed by atoms with E-state index in [1.807, 2.05) is 12.1 Å². The second-order valence-corrected chi connectivity index (χ2v) is 15.7. The molecule has 57 heavy (non-hydrogen) atoms. The average molecular weight is 760 g/mol. The number of rotatable bonds is 13. The maximum Gasteiger partial charge on any atom is 0.118 e. The number of allylic oxidation sites excluding steroid dienone is 4. The number of fused-ring (bicyclic) bond motifs is 8. The minimum atomic E-state index is 0.756. The number of hydrogen-bond donors (Lipinski definition) is 3. The van der Waals surface area contributed by atoms with E-state index in [-0.39, 0.29) is 0 Å². The van der Waals surface area contributed by atoms with Crippen molar-refractivity contribution in [2.45, 2.75) is 120 Å². The lowest BCUT2D eigenvalue weighted by Gasteiger charge is -2.12. The highest BCUT2D eigenvalue weighted by atomic mass is 16.5. The summed E-state index contributed by atoms with van der Waals surface area (Å²) in [5.74, 6) is 0.840. The molecular formula is C51H61N5O. The molecule has 4 N–H and O–H groups in total. The first-order valence-electron chi connectivity index (χ1n) is 21.5. The predicted molar refractivity (Wildman–Crippen MR) is 244 cm³/mol. The molecule has 0 fully saturated rings. The second-order valence-electron chi connectivity index (χ2n) is 15.7. The number of H-pyrrole nitrogens is 2. The third kappa shape index (κ3) is 7.24. The molecule has 0 aliphatic carbocycles. The molecule has 6 heteroatoms. The molecule has 296 valence electrons. The van der Waals surface area contributed by atoms with Crippen molar-refractivity contribution in [3.05, 3.63) is 106 Å². The fourth-order valence-corrected chi connectivity index (χ4v) is 9.15. The van der Waals surface area contributed by atoms with Crippen LogP contribution < -0.4 is 10.5 Å². The standard InChI is InChI=1S/C51H61N5O/c1-10-16-18-40-30(7)42-28-44-36(12-3)38(14-5)48(55-44)46(33-22-26-35(57-9)27-23-33)49-39(15-6)37(13-4)45(56-49)29-43-31(8)41(19-17-11-2)51(54-43)47(50(40)53-42)32-20-24-34(52)25-21-32/h20-29,53,56H,10-19,52H2,1-9H3. The number of nitrogens with one attached hydrogen (secondary N) is 2. The van der Waals surface area contributed by atoms with Gasteiger partial charge in [0.05, 0.1) is 40.9 Å². The number of methoxy groups -OCH3 is 1. The van der Waals surface area contributed by atoms with E-state index in [1.165, 1.54) is 44.5 Å². The lowest BCUT2D eigenvalue weighted by molar-refractivity contribution is 0.415. The number of benzene rings is 2. The summed E-state index contributed by atoms with van der Waals surface area (Å²) in [4.78, 5) is 19.4. The Morgan fingerprint density at radius 1 is 0.579 bits per heavy atom. The van der Waals surface area contributed by atoms with Crippen molar-refractivity contribution in [2.75, 3.05) is 12.8 Å². The maximum absolute atomic E-state index is 6.32. The molecule has 8 bridgehead atoms. The molecule has 0 unspecified atom stereocenters. The Morgan fingerprint density at radius 2 is 1.12 bits per heavy atom. The lowest BCUT2D eigenvalue weighted by atomic mass is 9.92. The smallest absolute Gasteiger partial charge is 0.118 e. The van der Waals surface area contributed by atoms with Gasteiger partial charge < -0.3 is 20.4 Å². The summed E-state index contributed by atoms with van der Waals surface area (Å²) in [6.45, 7) is 18.2. The van der Waals surface area contributed by atoms with Gasteiger partial charge in [0, 0.05) is 27.8 Å². The number of aromatic nitrogens is 4. The van der Waals surface area contributed by atoms with Crippen LogP contribution in [0.15, 0.2) is 60.7 Å². The van der Waals surface area contributed by atoms with Crippen molar-refractivity contribution in [1.29, 1.82) is 0 Å². The van der Waals surface area contributed by atoms with Gasteiger partial charge in [0.1, 0.15) is 5.75 Å². The highest BCUT2D eigenvalue weighted by Crippen LogP contribution is 2.45. The summed E-state index contributed by atoms with van der Waals surface area (Å²) in [5.41, 5.74) is 30.8. The van der Waals surface area contributed by atoms with E-state index in [0.29, 0.717) is 0 Å². The third-order valence-corrected chi connectivity index (χ3v) is 12.3. The Hall–Kier alpha value is -5.36.